The molecule has 0 aliphatic rings. The van der Waals surface area contributed by atoms with Crippen LogP contribution in [-0.2, 0) is 6.54 Å². The maximum Gasteiger partial charge on any atom is 0.140 e. The standard InChI is InChI=1S/C16H17NOS2/c1-18-15-10-8-14(9-11-15)17(16(19)20-2)12-13-6-4-3-5-7-13/h3-11H,12H2,1-2H3. The lowest BCUT2D eigenvalue weighted by Gasteiger charge is -2.24. The number of benzene rings is 2. The molecule has 0 fully saturated rings. The van der Waals surface area contributed by atoms with E-state index in [1.54, 1.807) is 18.9 Å². The Bertz CT molecular complexity index is 554. The van der Waals surface area contributed by atoms with Crippen molar-refractivity contribution in [2.24, 2.45) is 0 Å². The molecule has 0 spiro atoms. The molecule has 2 aromatic carbocycles. The lowest BCUT2D eigenvalue weighted by molar-refractivity contribution is 0.415. The van der Waals surface area contributed by atoms with Crippen molar-refractivity contribution in [1.29, 1.82) is 0 Å². The number of hydrogen-bond acceptors (Lipinski definition) is 3. The minimum atomic E-state index is 0.771. The molecule has 0 unspecified atom stereocenters. The van der Waals surface area contributed by atoms with Gasteiger partial charge < -0.3 is 9.64 Å². The fraction of sp³-hybridized carbons (Fsp3) is 0.188. The number of nitrogens with zero attached hydrogens (tertiary/aromatic N) is 1. The van der Waals surface area contributed by atoms with Gasteiger partial charge in [0, 0.05) is 12.2 Å². The van der Waals surface area contributed by atoms with Gasteiger partial charge in [0.25, 0.3) is 0 Å². The summed E-state index contributed by atoms with van der Waals surface area (Å²) in [7, 11) is 1.67. The predicted octanol–water partition coefficient (Wildman–Crippen LogP) is 4.35. The summed E-state index contributed by atoms with van der Waals surface area (Å²) in [6.07, 6.45) is 2.00. The van der Waals surface area contributed by atoms with E-state index in [0.29, 0.717) is 0 Å². The van der Waals surface area contributed by atoms with E-state index in [1.807, 2.05) is 48.7 Å². The monoisotopic (exact) mass is 303 g/mol. The van der Waals surface area contributed by atoms with Crippen LogP contribution >= 0.6 is 24.0 Å². The summed E-state index contributed by atoms with van der Waals surface area (Å²) in [5, 5.41) is 0. The average Bonchev–Trinajstić information content (AvgIpc) is 2.53. The van der Waals surface area contributed by atoms with Crippen LogP contribution < -0.4 is 9.64 Å². The van der Waals surface area contributed by atoms with E-state index in [1.165, 1.54) is 5.56 Å². The van der Waals surface area contributed by atoms with Crippen molar-refractivity contribution in [3.63, 3.8) is 0 Å². The van der Waals surface area contributed by atoms with Gasteiger partial charge in [-0.3, -0.25) is 0 Å². The van der Waals surface area contributed by atoms with Crippen LogP contribution in [0.25, 0.3) is 0 Å². The molecule has 2 rings (SSSR count). The molecule has 0 saturated carbocycles. The smallest absolute Gasteiger partial charge is 0.140 e. The van der Waals surface area contributed by atoms with Crippen molar-refractivity contribution in [1.82, 2.24) is 0 Å². The highest BCUT2D eigenvalue weighted by Gasteiger charge is 2.12. The van der Waals surface area contributed by atoms with Crippen LogP contribution in [0.2, 0.25) is 0 Å². The molecule has 104 valence electrons. The average molecular weight is 303 g/mol. The molecule has 2 nitrogen and oxygen atoms in total. The Morgan fingerprint density at radius 2 is 1.75 bits per heavy atom. The zero-order chi connectivity index (χ0) is 14.4. The zero-order valence-corrected chi connectivity index (χ0v) is 13.2. The van der Waals surface area contributed by atoms with Gasteiger partial charge in [-0.2, -0.15) is 0 Å². The van der Waals surface area contributed by atoms with Crippen molar-refractivity contribution in [3.8, 4) is 5.75 Å². The molecule has 0 aliphatic carbocycles. The highest BCUT2D eigenvalue weighted by atomic mass is 32.2. The number of hydrogen-bond donors (Lipinski definition) is 0. The SMILES string of the molecule is COc1ccc(N(Cc2ccccc2)C(=S)SC)cc1. The summed E-state index contributed by atoms with van der Waals surface area (Å²) in [5.41, 5.74) is 2.31. The second kappa shape index (κ2) is 7.31. The van der Waals surface area contributed by atoms with Crippen molar-refractivity contribution >= 4 is 34.0 Å². The number of rotatable bonds is 4. The Labute approximate surface area is 129 Å². The minimum absolute atomic E-state index is 0.771. The van der Waals surface area contributed by atoms with E-state index in [9.17, 15) is 0 Å². The third kappa shape index (κ3) is 3.74. The first kappa shape index (κ1) is 14.9. The van der Waals surface area contributed by atoms with Gasteiger partial charge >= 0.3 is 0 Å². The predicted molar refractivity (Wildman–Crippen MR) is 91.7 cm³/mol. The minimum Gasteiger partial charge on any atom is -0.497 e. The molecule has 0 aromatic heterocycles. The Balaban J connectivity index is 2.25. The van der Waals surface area contributed by atoms with Crippen molar-refractivity contribution < 1.29 is 4.74 Å². The number of anilines is 1. The van der Waals surface area contributed by atoms with Crippen LogP contribution in [0, 0.1) is 0 Å². The number of methoxy groups -OCH3 is 1. The molecule has 0 aliphatic heterocycles. The highest BCUT2D eigenvalue weighted by molar-refractivity contribution is 8.22. The second-order valence-electron chi connectivity index (χ2n) is 4.24. The molecule has 0 N–H and O–H groups in total. The third-order valence-electron chi connectivity index (χ3n) is 2.96. The van der Waals surface area contributed by atoms with Gasteiger partial charge in [0.15, 0.2) is 0 Å². The molecule has 0 bridgehead atoms. The first-order valence-electron chi connectivity index (χ1n) is 6.28. The third-order valence-corrected chi connectivity index (χ3v) is 4.25. The summed E-state index contributed by atoms with van der Waals surface area (Å²) >= 11 is 7.06. The zero-order valence-electron chi connectivity index (χ0n) is 11.6. The van der Waals surface area contributed by atoms with Crippen molar-refractivity contribution in [3.05, 3.63) is 60.2 Å². The lowest BCUT2D eigenvalue weighted by Crippen LogP contribution is -2.26. The summed E-state index contributed by atoms with van der Waals surface area (Å²) in [6, 6.07) is 18.3. The fourth-order valence-electron chi connectivity index (χ4n) is 1.90. The largest absolute Gasteiger partial charge is 0.497 e. The Hall–Kier alpha value is -1.52. The summed E-state index contributed by atoms with van der Waals surface area (Å²) in [4.78, 5) is 2.13. The van der Waals surface area contributed by atoms with E-state index in [2.05, 4.69) is 17.0 Å². The van der Waals surface area contributed by atoms with Gasteiger partial charge in [-0.15, -0.1) is 11.8 Å². The van der Waals surface area contributed by atoms with E-state index >= 15 is 0 Å². The first-order valence-corrected chi connectivity index (χ1v) is 7.91. The molecule has 4 heteroatoms. The summed E-state index contributed by atoms with van der Waals surface area (Å²) in [6.45, 7) is 0.771. The van der Waals surface area contributed by atoms with Gasteiger partial charge in [-0.1, -0.05) is 42.5 Å². The van der Waals surface area contributed by atoms with E-state index in [4.69, 9.17) is 17.0 Å². The van der Waals surface area contributed by atoms with Crippen LogP contribution in [0.5, 0.6) is 5.75 Å². The number of thiocarbonyl (C=S) groups is 1. The Morgan fingerprint density at radius 3 is 2.30 bits per heavy atom. The maximum absolute atomic E-state index is 5.48. The molecule has 20 heavy (non-hydrogen) atoms. The van der Waals surface area contributed by atoms with Crippen LogP contribution in [0.15, 0.2) is 54.6 Å². The van der Waals surface area contributed by atoms with Crippen molar-refractivity contribution in [2.45, 2.75) is 6.54 Å². The fourth-order valence-corrected chi connectivity index (χ4v) is 2.46. The van der Waals surface area contributed by atoms with Gasteiger partial charge in [0.2, 0.25) is 0 Å². The van der Waals surface area contributed by atoms with Crippen LogP contribution in [0.1, 0.15) is 5.56 Å². The summed E-state index contributed by atoms with van der Waals surface area (Å²) in [5.74, 6) is 0.850. The topological polar surface area (TPSA) is 12.5 Å². The van der Waals surface area contributed by atoms with Gasteiger partial charge in [0.1, 0.15) is 10.1 Å². The molecule has 0 atom stereocenters. The van der Waals surface area contributed by atoms with Crippen LogP contribution in [0.4, 0.5) is 5.69 Å². The van der Waals surface area contributed by atoms with Crippen LogP contribution in [-0.4, -0.2) is 17.7 Å². The van der Waals surface area contributed by atoms with E-state index < -0.39 is 0 Å². The van der Waals surface area contributed by atoms with Crippen LogP contribution in [0.3, 0.4) is 0 Å². The van der Waals surface area contributed by atoms with E-state index in [-0.39, 0.29) is 0 Å². The molecule has 0 saturated heterocycles. The Kier molecular flexibility index (Phi) is 5.44. The molecule has 0 heterocycles. The highest BCUT2D eigenvalue weighted by Crippen LogP contribution is 2.24. The Morgan fingerprint density at radius 1 is 1.10 bits per heavy atom. The molecular formula is C16H17NOS2. The van der Waals surface area contributed by atoms with Gasteiger partial charge in [-0.05, 0) is 36.1 Å². The molecule has 2 aromatic rings. The lowest BCUT2D eigenvalue weighted by atomic mass is 10.2. The quantitative estimate of drug-likeness (QED) is 0.778. The molecule has 0 radical (unpaired) electrons. The number of thioether (sulfide) groups is 1. The normalized spacial score (nSPS) is 10.1. The number of ether oxygens (including phenoxy) is 1. The van der Waals surface area contributed by atoms with Gasteiger partial charge in [-0.25, -0.2) is 0 Å². The van der Waals surface area contributed by atoms with Crippen molar-refractivity contribution in [2.75, 3.05) is 18.3 Å². The molecule has 0 amide bonds. The van der Waals surface area contributed by atoms with E-state index in [0.717, 1.165) is 22.3 Å². The molecular weight excluding hydrogens is 286 g/mol. The second-order valence-corrected chi connectivity index (χ2v) is 5.68. The maximum atomic E-state index is 5.48. The first-order chi connectivity index (χ1) is 9.74. The van der Waals surface area contributed by atoms with Gasteiger partial charge in [0.05, 0.1) is 7.11 Å². The summed E-state index contributed by atoms with van der Waals surface area (Å²) < 4.78 is 6.06.